The van der Waals surface area contributed by atoms with E-state index >= 15 is 0 Å². The molecule has 2 aromatic carbocycles. The molecule has 6 heteroatoms. The molecule has 3 atom stereocenters. The van der Waals surface area contributed by atoms with Crippen LogP contribution in [-0.4, -0.2) is 44.1 Å². The molecule has 172 valence electrons. The van der Waals surface area contributed by atoms with Crippen LogP contribution in [0.3, 0.4) is 0 Å². The first-order chi connectivity index (χ1) is 14.5. The van der Waals surface area contributed by atoms with Crippen LogP contribution in [-0.2, 0) is 0 Å². The van der Waals surface area contributed by atoms with Crippen molar-refractivity contribution < 1.29 is 30.0 Å². The number of carboxylic acids is 2. The number of aromatic carboxylic acids is 2. The van der Waals surface area contributed by atoms with E-state index in [0.29, 0.717) is 11.1 Å². The zero-order valence-electron chi connectivity index (χ0n) is 18.9. The van der Waals surface area contributed by atoms with Gasteiger partial charge in [0.25, 0.3) is 0 Å². The van der Waals surface area contributed by atoms with E-state index in [1.165, 1.54) is 0 Å². The molecule has 31 heavy (non-hydrogen) atoms. The molecular formula is C25H36O6. The molecule has 0 aliphatic carbocycles. The molecular weight excluding hydrogens is 396 g/mol. The zero-order chi connectivity index (χ0) is 23.9. The maximum Gasteiger partial charge on any atom is 0.335 e. The van der Waals surface area contributed by atoms with Crippen molar-refractivity contribution in [1.29, 1.82) is 0 Å². The molecule has 0 fully saturated rings. The number of benzene rings is 2. The van der Waals surface area contributed by atoms with E-state index < -0.39 is 17.5 Å². The van der Waals surface area contributed by atoms with E-state index in [9.17, 15) is 19.8 Å². The normalized spacial score (nSPS) is 13.9. The minimum absolute atomic E-state index is 0.199. The maximum atomic E-state index is 10.2. The highest BCUT2D eigenvalue weighted by Crippen LogP contribution is 2.25. The first-order valence-corrected chi connectivity index (χ1v) is 10.5. The summed E-state index contributed by atoms with van der Waals surface area (Å²) < 4.78 is 0. The molecule has 0 spiro atoms. The Hall–Kier alpha value is -2.70. The second kappa shape index (κ2) is 15.2. The highest BCUT2D eigenvalue weighted by atomic mass is 16.4. The SMILES string of the molecule is CCC(O)CCC(C)C(C)(O)CC.O=C(O)c1ccccc1.O=C(O)c1ccccc1. The van der Waals surface area contributed by atoms with Gasteiger partial charge >= 0.3 is 11.9 Å². The van der Waals surface area contributed by atoms with Crippen molar-refractivity contribution in [3.05, 3.63) is 71.8 Å². The van der Waals surface area contributed by atoms with Crippen molar-refractivity contribution in [2.75, 3.05) is 0 Å². The lowest BCUT2D eigenvalue weighted by Crippen LogP contribution is -2.32. The van der Waals surface area contributed by atoms with E-state index in [-0.39, 0.29) is 12.0 Å². The Kier molecular flexibility index (Phi) is 13.8. The van der Waals surface area contributed by atoms with Crippen LogP contribution in [0.25, 0.3) is 0 Å². The van der Waals surface area contributed by atoms with Crippen molar-refractivity contribution in [2.45, 2.75) is 65.1 Å². The summed E-state index contributed by atoms with van der Waals surface area (Å²) in [5, 5.41) is 36.0. The summed E-state index contributed by atoms with van der Waals surface area (Å²) in [5.41, 5.74) is 0.0861. The van der Waals surface area contributed by atoms with Crippen LogP contribution in [0.1, 0.15) is 74.1 Å². The standard InChI is InChI=1S/C11H24O2.2C7H6O2/c1-5-10(12)8-7-9(3)11(4,13)6-2;2*8-7(9)6-4-2-1-3-5-6/h9-10,12-13H,5-8H2,1-4H3;2*1-5H,(H,8,9). The van der Waals surface area contributed by atoms with Gasteiger partial charge in [0.2, 0.25) is 0 Å². The van der Waals surface area contributed by atoms with Crippen molar-refractivity contribution in [3.63, 3.8) is 0 Å². The summed E-state index contributed by atoms with van der Waals surface area (Å²) in [4.78, 5) is 20.4. The first-order valence-electron chi connectivity index (χ1n) is 10.5. The number of aliphatic hydroxyl groups excluding tert-OH is 1. The predicted molar refractivity (Wildman–Crippen MR) is 122 cm³/mol. The number of rotatable bonds is 8. The van der Waals surface area contributed by atoms with Crippen molar-refractivity contribution >= 4 is 11.9 Å². The van der Waals surface area contributed by atoms with Gasteiger partial charge in [0.15, 0.2) is 0 Å². The van der Waals surface area contributed by atoms with Crippen LogP contribution in [0.4, 0.5) is 0 Å². The van der Waals surface area contributed by atoms with Gasteiger partial charge in [-0.2, -0.15) is 0 Å². The minimum Gasteiger partial charge on any atom is -0.478 e. The van der Waals surface area contributed by atoms with E-state index in [4.69, 9.17) is 10.2 Å². The van der Waals surface area contributed by atoms with E-state index in [1.807, 2.05) is 27.7 Å². The van der Waals surface area contributed by atoms with Gasteiger partial charge in [-0.3, -0.25) is 0 Å². The fourth-order valence-electron chi connectivity index (χ4n) is 2.47. The summed E-state index contributed by atoms with van der Waals surface area (Å²) in [6.45, 7) is 7.89. The molecule has 2 rings (SSSR count). The largest absolute Gasteiger partial charge is 0.478 e. The molecule has 4 N–H and O–H groups in total. The Balaban J connectivity index is 0.000000445. The van der Waals surface area contributed by atoms with Crippen molar-refractivity contribution in [2.24, 2.45) is 5.92 Å². The average molecular weight is 433 g/mol. The summed E-state index contributed by atoms with van der Waals surface area (Å²) in [5.74, 6) is -1.50. The Morgan fingerprint density at radius 1 is 0.839 bits per heavy atom. The quantitative estimate of drug-likeness (QED) is 0.461. The van der Waals surface area contributed by atoms with Gasteiger partial charge in [0.05, 0.1) is 22.8 Å². The van der Waals surface area contributed by atoms with Crippen LogP contribution in [0.2, 0.25) is 0 Å². The fraction of sp³-hybridized carbons (Fsp3) is 0.440. The molecule has 0 aliphatic heterocycles. The first kappa shape index (κ1) is 28.3. The van der Waals surface area contributed by atoms with Crippen molar-refractivity contribution in [3.8, 4) is 0 Å². The van der Waals surface area contributed by atoms with Crippen LogP contribution >= 0.6 is 0 Å². The predicted octanol–water partition coefficient (Wildman–Crippen LogP) is 5.10. The third-order valence-electron chi connectivity index (χ3n) is 5.22. The van der Waals surface area contributed by atoms with Crippen LogP contribution < -0.4 is 0 Å². The topological polar surface area (TPSA) is 115 Å². The molecule has 3 unspecified atom stereocenters. The second-order valence-electron chi connectivity index (χ2n) is 7.59. The fourth-order valence-corrected chi connectivity index (χ4v) is 2.47. The van der Waals surface area contributed by atoms with Crippen molar-refractivity contribution in [1.82, 2.24) is 0 Å². The van der Waals surface area contributed by atoms with Gasteiger partial charge in [-0.05, 0) is 62.8 Å². The number of carboxylic acid groups (broad SMARTS) is 2. The maximum absolute atomic E-state index is 10.2. The molecule has 0 aliphatic rings. The average Bonchev–Trinajstić information content (AvgIpc) is 2.79. The number of carbonyl (C=O) groups is 2. The molecule has 6 nitrogen and oxygen atoms in total. The Labute approximate surface area is 185 Å². The Morgan fingerprint density at radius 2 is 1.23 bits per heavy atom. The second-order valence-corrected chi connectivity index (χ2v) is 7.59. The van der Waals surface area contributed by atoms with Crippen LogP contribution in [0, 0.1) is 5.92 Å². The number of hydrogen-bond acceptors (Lipinski definition) is 4. The number of hydrogen-bond donors (Lipinski definition) is 4. The van der Waals surface area contributed by atoms with Crippen LogP contribution in [0.15, 0.2) is 60.7 Å². The Bertz CT molecular complexity index is 694. The third kappa shape index (κ3) is 12.6. The summed E-state index contributed by atoms with van der Waals surface area (Å²) in [7, 11) is 0. The molecule has 0 aromatic heterocycles. The Morgan fingerprint density at radius 3 is 1.48 bits per heavy atom. The molecule has 0 amide bonds. The monoisotopic (exact) mass is 432 g/mol. The van der Waals surface area contributed by atoms with E-state index in [2.05, 4.69) is 0 Å². The van der Waals surface area contributed by atoms with E-state index in [0.717, 1.165) is 25.7 Å². The molecule has 0 radical (unpaired) electrons. The third-order valence-corrected chi connectivity index (χ3v) is 5.22. The molecule has 0 saturated heterocycles. The zero-order valence-corrected chi connectivity index (χ0v) is 18.9. The molecule has 0 bridgehead atoms. The molecule has 2 aromatic rings. The van der Waals surface area contributed by atoms with Gasteiger partial charge in [-0.25, -0.2) is 9.59 Å². The minimum atomic E-state index is -0.879. The number of aliphatic hydroxyl groups is 2. The van der Waals surface area contributed by atoms with E-state index in [1.54, 1.807) is 60.7 Å². The summed E-state index contributed by atoms with van der Waals surface area (Å²) >= 11 is 0. The highest BCUT2D eigenvalue weighted by Gasteiger charge is 2.25. The van der Waals surface area contributed by atoms with Gasteiger partial charge in [-0.1, -0.05) is 57.2 Å². The lowest BCUT2D eigenvalue weighted by molar-refractivity contribution is -0.00599. The molecule has 0 heterocycles. The van der Waals surface area contributed by atoms with Crippen LogP contribution in [0.5, 0.6) is 0 Å². The molecule has 0 saturated carbocycles. The van der Waals surface area contributed by atoms with Gasteiger partial charge in [0.1, 0.15) is 0 Å². The highest BCUT2D eigenvalue weighted by molar-refractivity contribution is 5.87. The summed E-state index contributed by atoms with van der Waals surface area (Å²) in [6.07, 6.45) is 3.08. The van der Waals surface area contributed by atoms with Gasteiger partial charge in [-0.15, -0.1) is 0 Å². The van der Waals surface area contributed by atoms with Gasteiger partial charge in [0, 0.05) is 0 Å². The van der Waals surface area contributed by atoms with Gasteiger partial charge < -0.3 is 20.4 Å². The summed E-state index contributed by atoms with van der Waals surface area (Å²) in [6, 6.07) is 16.6. The smallest absolute Gasteiger partial charge is 0.335 e. The lowest BCUT2D eigenvalue weighted by Gasteiger charge is -2.29. The lowest BCUT2D eigenvalue weighted by atomic mass is 9.84.